The van der Waals surface area contributed by atoms with Gasteiger partial charge in [0.1, 0.15) is 10.6 Å². The third-order valence-corrected chi connectivity index (χ3v) is 5.77. The molecule has 2 heterocycles. The lowest BCUT2D eigenvalue weighted by molar-refractivity contribution is 0.102. The average Bonchev–Trinajstić information content (AvgIpc) is 3.34. The van der Waals surface area contributed by atoms with Crippen LogP contribution in [0.1, 0.15) is 16.1 Å². The number of thiazole rings is 1. The number of rotatable bonds is 5. The lowest BCUT2D eigenvalue weighted by atomic mass is 10.2. The maximum Gasteiger partial charge on any atom is 0.270 e. The van der Waals surface area contributed by atoms with Crippen LogP contribution in [0.15, 0.2) is 47.0 Å². The zero-order chi connectivity index (χ0) is 21.3. The van der Waals surface area contributed by atoms with Gasteiger partial charge in [-0.15, -0.1) is 0 Å². The Bertz CT molecular complexity index is 1220. The summed E-state index contributed by atoms with van der Waals surface area (Å²) in [4.78, 5) is 22.0. The summed E-state index contributed by atoms with van der Waals surface area (Å²) in [5.74, 6) is 1.11. The fourth-order valence-electron chi connectivity index (χ4n) is 2.66. The van der Waals surface area contributed by atoms with Gasteiger partial charge in [0.25, 0.3) is 11.8 Å². The lowest BCUT2D eigenvalue weighted by Crippen LogP contribution is -2.12. The topological polar surface area (TPSA) is 90.1 Å². The first-order valence-corrected chi connectivity index (χ1v) is 10.2. The number of halogens is 2. The molecule has 0 aliphatic rings. The minimum atomic E-state index is -0.388. The number of nitrogens with one attached hydrogen (secondary N) is 1. The molecular formula is C20H14Cl2N4O3S. The molecule has 0 fully saturated rings. The van der Waals surface area contributed by atoms with E-state index in [-0.39, 0.29) is 10.9 Å². The first-order valence-electron chi connectivity index (χ1n) is 8.67. The Labute approximate surface area is 185 Å². The van der Waals surface area contributed by atoms with Crippen molar-refractivity contribution in [3.63, 3.8) is 0 Å². The second kappa shape index (κ2) is 8.43. The van der Waals surface area contributed by atoms with Gasteiger partial charge in [0, 0.05) is 10.6 Å². The lowest BCUT2D eigenvalue weighted by Gasteiger charge is -2.04. The minimum Gasteiger partial charge on any atom is -0.497 e. The van der Waals surface area contributed by atoms with Crippen LogP contribution in [0, 0.1) is 6.92 Å². The molecule has 4 aromatic rings. The summed E-state index contributed by atoms with van der Waals surface area (Å²) in [6.45, 7) is 1.80. The fraction of sp³-hybridized carbons (Fsp3) is 0.100. The first kappa shape index (κ1) is 20.3. The number of carbonyl (C=O) groups is 1. The maximum absolute atomic E-state index is 12.5. The van der Waals surface area contributed by atoms with Gasteiger partial charge in [-0.1, -0.05) is 39.7 Å². The van der Waals surface area contributed by atoms with Crippen molar-refractivity contribution in [3.05, 3.63) is 63.8 Å². The van der Waals surface area contributed by atoms with Crippen LogP contribution in [0.3, 0.4) is 0 Å². The highest BCUT2D eigenvalue weighted by Crippen LogP contribution is 2.33. The van der Waals surface area contributed by atoms with Crippen molar-refractivity contribution >= 4 is 45.6 Å². The number of methoxy groups -OCH3 is 1. The quantitative estimate of drug-likeness (QED) is 0.408. The SMILES string of the molecule is COc1ccc(-c2noc(-c3sc(NC(=O)c4ccc(Cl)cc4Cl)nc3C)n2)cc1. The highest BCUT2D eigenvalue weighted by atomic mass is 35.5. The summed E-state index contributed by atoms with van der Waals surface area (Å²) in [5, 5.41) is 7.87. The average molecular weight is 461 g/mol. The molecule has 0 atom stereocenters. The Balaban J connectivity index is 1.55. The third kappa shape index (κ3) is 4.16. The van der Waals surface area contributed by atoms with E-state index in [0.29, 0.717) is 38.0 Å². The molecule has 0 unspecified atom stereocenters. The zero-order valence-electron chi connectivity index (χ0n) is 15.8. The van der Waals surface area contributed by atoms with Gasteiger partial charge in [-0.3, -0.25) is 10.1 Å². The summed E-state index contributed by atoms with van der Waals surface area (Å²) in [5.41, 5.74) is 1.75. The van der Waals surface area contributed by atoms with Gasteiger partial charge in [0.2, 0.25) is 5.82 Å². The highest BCUT2D eigenvalue weighted by molar-refractivity contribution is 7.19. The first-order chi connectivity index (χ1) is 14.4. The van der Waals surface area contributed by atoms with Gasteiger partial charge >= 0.3 is 0 Å². The maximum atomic E-state index is 12.5. The van der Waals surface area contributed by atoms with Crippen molar-refractivity contribution in [2.24, 2.45) is 0 Å². The molecule has 1 N–H and O–H groups in total. The van der Waals surface area contributed by atoms with E-state index in [1.807, 2.05) is 24.3 Å². The molecule has 1 amide bonds. The van der Waals surface area contributed by atoms with Crippen molar-refractivity contribution in [2.75, 3.05) is 12.4 Å². The molecule has 0 aliphatic carbocycles. The number of nitrogens with zero attached hydrogens (tertiary/aromatic N) is 3. The molecule has 0 saturated heterocycles. The normalized spacial score (nSPS) is 10.8. The van der Waals surface area contributed by atoms with Crippen LogP contribution < -0.4 is 10.1 Å². The molecule has 0 bridgehead atoms. The second-order valence-electron chi connectivity index (χ2n) is 6.16. The van der Waals surface area contributed by atoms with E-state index >= 15 is 0 Å². The van der Waals surface area contributed by atoms with E-state index < -0.39 is 0 Å². The predicted molar refractivity (Wildman–Crippen MR) is 117 cm³/mol. The molecule has 0 spiro atoms. The molecule has 4 rings (SSSR count). The van der Waals surface area contributed by atoms with E-state index in [1.165, 1.54) is 17.4 Å². The zero-order valence-corrected chi connectivity index (χ0v) is 18.1. The third-order valence-electron chi connectivity index (χ3n) is 4.16. The minimum absolute atomic E-state index is 0.259. The number of aromatic nitrogens is 3. The van der Waals surface area contributed by atoms with Crippen LogP contribution >= 0.6 is 34.5 Å². The van der Waals surface area contributed by atoms with E-state index in [0.717, 1.165) is 11.3 Å². The summed E-state index contributed by atoms with van der Waals surface area (Å²) in [6.07, 6.45) is 0. The van der Waals surface area contributed by atoms with Crippen LogP contribution in [0.2, 0.25) is 10.0 Å². The number of anilines is 1. The Morgan fingerprint density at radius 3 is 2.60 bits per heavy atom. The van der Waals surface area contributed by atoms with Gasteiger partial charge in [0.15, 0.2) is 5.13 Å². The van der Waals surface area contributed by atoms with E-state index in [2.05, 4.69) is 20.4 Å². The van der Waals surface area contributed by atoms with Crippen molar-refractivity contribution in [1.29, 1.82) is 0 Å². The Morgan fingerprint density at radius 2 is 1.90 bits per heavy atom. The van der Waals surface area contributed by atoms with Crippen LogP contribution in [0.25, 0.3) is 22.2 Å². The van der Waals surface area contributed by atoms with Crippen molar-refractivity contribution < 1.29 is 14.1 Å². The number of hydrogen-bond acceptors (Lipinski definition) is 7. The number of hydrogen-bond donors (Lipinski definition) is 1. The summed E-state index contributed by atoms with van der Waals surface area (Å²) in [7, 11) is 1.60. The van der Waals surface area contributed by atoms with Crippen molar-refractivity contribution in [2.45, 2.75) is 6.92 Å². The van der Waals surface area contributed by atoms with Gasteiger partial charge in [-0.2, -0.15) is 4.98 Å². The molecule has 152 valence electrons. The van der Waals surface area contributed by atoms with Crippen molar-refractivity contribution in [3.8, 4) is 27.9 Å². The second-order valence-corrected chi connectivity index (χ2v) is 8.01. The number of benzene rings is 2. The summed E-state index contributed by atoms with van der Waals surface area (Å²) < 4.78 is 10.6. The molecule has 2 aromatic carbocycles. The smallest absolute Gasteiger partial charge is 0.270 e. The van der Waals surface area contributed by atoms with Gasteiger partial charge in [-0.05, 0) is 49.4 Å². The van der Waals surface area contributed by atoms with Crippen LogP contribution in [0.4, 0.5) is 5.13 Å². The van der Waals surface area contributed by atoms with Crippen molar-refractivity contribution in [1.82, 2.24) is 15.1 Å². The molecule has 7 nitrogen and oxygen atoms in total. The van der Waals surface area contributed by atoms with Gasteiger partial charge < -0.3 is 9.26 Å². The molecule has 30 heavy (non-hydrogen) atoms. The van der Waals surface area contributed by atoms with E-state index in [4.69, 9.17) is 32.5 Å². The Hall–Kier alpha value is -2.94. The Morgan fingerprint density at radius 1 is 1.13 bits per heavy atom. The van der Waals surface area contributed by atoms with Gasteiger partial charge in [-0.25, -0.2) is 4.98 Å². The Kier molecular flexibility index (Phi) is 5.72. The van der Waals surface area contributed by atoms with E-state index in [9.17, 15) is 4.79 Å². The number of aryl methyl sites for hydroxylation is 1. The monoisotopic (exact) mass is 460 g/mol. The standard InChI is InChI=1S/C20H14Cl2N4O3S/c1-10-16(19-24-17(26-29-19)11-3-6-13(28-2)7-4-11)30-20(23-10)25-18(27)14-8-5-12(21)9-15(14)22/h3-9H,1-2H3,(H,23,25,27). The van der Waals surface area contributed by atoms with Crippen LogP contribution in [-0.4, -0.2) is 28.1 Å². The molecule has 2 aromatic heterocycles. The fourth-order valence-corrected chi connectivity index (χ4v) is 4.04. The van der Waals surface area contributed by atoms with Crippen LogP contribution in [0.5, 0.6) is 5.75 Å². The summed E-state index contributed by atoms with van der Waals surface area (Å²) in [6, 6.07) is 12.0. The molecule has 0 radical (unpaired) electrons. The van der Waals surface area contributed by atoms with Gasteiger partial charge in [0.05, 0.1) is 23.4 Å². The number of carbonyl (C=O) groups excluding carboxylic acids is 1. The van der Waals surface area contributed by atoms with E-state index in [1.54, 1.807) is 26.2 Å². The largest absolute Gasteiger partial charge is 0.497 e. The molecule has 0 saturated carbocycles. The highest BCUT2D eigenvalue weighted by Gasteiger charge is 2.19. The summed E-state index contributed by atoms with van der Waals surface area (Å²) >= 11 is 13.2. The molecule has 10 heteroatoms. The molecular weight excluding hydrogens is 447 g/mol. The molecule has 0 aliphatic heterocycles. The van der Waals surface area contributed by atoms with Crippen LogP contribution in [-0.2, 0) is 0 Å². The number of ether oxygens (including phenoxy) is 1. The predicted octanol–water partition coefficient (Wildman–Crippen LogP) is 5.74. The number of amides is 1.